The Morgan fingerprint density at radius 2 is 1.96 bits per heavy atom. The molecule has 9 heteroatoms. The van der Waals surface area contributed by atoms with Crippen LogP contribution >= 0.6 is 11.3 Å². The van der Waals surface area contributed by atoms with Crippen molar-refractivity contribution in [1.29, 1.82) is 0 Å². The first-order chi connectivity index (χ1) is 13.0. The van der Waals surface area contributed by atoms with E-state index in [1.165, 1.54) is 13.4 Å². The van der Waals surface area contributed by atoms with Gasteiger partial charge in [0.05, 0.1) is 38.7 Å². The van der Waals surface area contributed by atoms with Gasteiger partial charge in [-0.1, -0.05) is 0 Å². The minimum atomic E-state index is -3.55. The van der Waals surface area contributed by atoms with E-state index in [0.29, 0.717) is 28.0 Å². The van der Waals surface area contributed by atoms with Crippen LogP contribution in [0, 0.1) is 0 Å². The summed E-state index contributed by atoms with van der Waals surface area (Å²) in [6, 6.07) is 9.14. The molecule has 27 heavy (non-hydrogen) atoms. The maximum absolute atomic E-state index is 12.4. The molecule has 1 aliphatic rings. The second kappa shape index (κ2) is 5.73. The normalized spacial score (nSPS) is 14.9. The van der Waals surface area contributed by atoms with Gasteiger partial charge < -0.3 is 10.1 Å². The number of anilines is 2. The summed E-state index contributed by atoms with van der Waals surface area (Å²) in [7, 11) is -2.10. The topological polar surface area (TPSA) is 94.1 Å². The van der Waals surface area contributed by atoms with E-state index in [-0.39, 0.29) is 4.90 Å². The molecule has 7 nitrogen and oxygen atoms in total. The number of benzene rings is 2. The predicted molar refractivity (Wildman–Crippen MR) is 105 cm³/mol. The fraction of sp³-hybridized carbons (Fsp3) is 0.0556. The summed E-state index contributed by atoms with van der Waals surface area (Å²) in [6.45, 7) is 0. The van der Waals surface area contributed by atoms with Crippen molar-refractivity contribution >= 4 is 59.6 Å². The maximum Gasteiger partial charge on any atom is 0.204 e. The minimum Gasteiger partial charge on any atom is -0.495 e. The second-order valence-electron chi connectivity index (χ2n) is 5.98. The number of nitrogens with zero attached hydrogens (tertiary/aromatic N) is 3. The highest BCUT2D eigenvalue weighted by molar-refractivity contribution is 7.95. The first-order valence-electron chi connectivity index (χ1n) is 7.95. The number of hydrogen-bond acceptors (Lipinski definition) is 8. The van der Waals surface area contributed by atoms with Crippen molar-refractivity contribution in [3.63, 3.8) is 0 Å². The standard InChI is InChI=1S/C18H12N4O3S2/c1-25-15-7-27(23,24)17-6-11-13(5-12(15)17)19-8-20-18(11)22-10-2-3-16-14(4-10)21-9-26-16/h2-9H,1H3,(H,19,20,22). The zero-order valence-electron chi connectivity index (χ0n) is 14.0. The molecule has 1 aliphatic heterocycles. The SMILES string of the molecule is COC1=CS(=O)(=O)c2cc3c(Nc4ccc5scnc5c4)ncnc3cc21. The maximum atomic E-state index is 12.4. The molecule has 0 unspecified atom stereocenters. The predicted octanol–water partition coefficient (Wildman–Crippen LogP) is 3.72. The van der Waals surface area contributed by atoms with Crippen molar-refractivity contribution in [2.24, 2.45) is 0 Å². The minimum absolute atomic E-state index is 0.194. The van der Waals surface area contributed by atoms with Gasteiger partial charge in [-0.15, -0.1) is 11.3 Å². The summed E-state index contributed by atoms with van der Waals surface area (Å²) >= 11 is 1.57. The lowest BCUT2D eigenvalue weighted by molar-refractivity contribution is 0.370. The number of hydrogen-bond donors (Lipinski definition) is 1. The van der Waals surface area contributed by atoms with Gasteiger partial charge in [-0.25, -0.2) is 23.4 Å². The summed E-state index contributed by atoms with van der Waals surface area (Å²) in [4.78, 5) is 13.1. The van der Waals surface area contributed by atoms with Crippen LogP contribution in [-0.2, 0) is 14.6 Å². The Morgan fingerprint density at radius 3 is 2.81 bits per heavy atom. The van der Waals surface area contributed by atoms with E-state index in [1.54, 1.807) is 29.0 Å². The van der Waals surface area contributed by atoms with Crippen LogP contribution in [0.15, 0.2) is 52.5 Å². The number of thiazole rings is 1. The van der Waals surface area contributed by atoms with Crippen molar-refractivity contribution in [1.82, 2.24) is 15.0 Å². The smallest absolute Gasteiger partial charge is 0.204 e. The lowest BCUT2D eigenvalue weighted by Crippen LogP contribution is -1.99. The Kier molecular flexibility index (Phi) is 3.43. The highest BCUT2D eigenvalue weighted by Gasteiger charge is 2.29. The van der Waals surface area contributed by atoms with Crippen LogP contribution in [0.25, 0.3) is 26.9 Å². The number of sulfone groups is 1. The number of aromatic nitrogens is 3. The van der Waals surface area contributed by atoms with Crippen LogP contribution in [0.4, 0.5) is 11.5 Å². The molecule has 134 valence electrons. The van der Waals surface area contributed by atoms with Gasteiger partial charge >= 0.3 is 0 Å². The van der Waals surface area contributed by atoms with Gasteiger partial charge in [0.2, 0.25) is 9.84 Å². The van der Waals surface area contributed by atoms with Crippen molar-refractivity contribution in [3.8, 4) is 0 Å². The Balaban J connectivity index is 1.66. The number of ether oxygens (including phenoxy) is 1. The molecule has 3 heterocycles. The zero-order valence-corrected chi connectivity index (χ0v) is 15.6. The molecule has 0 amide bonds. The summed E-state index contributed by atoms with van der Waals surface area (Å²) in [5, 5.41) is 4.99. The molecule has 0 spiro atoms. The highest BCUT2D eigenvalue weighted by atomic mass is 32.2. The van der Waals surface area contributed by atoms with Crippen LogP contribution < -0.4 is 5.32 Å². The number of rotatable bonds is 3. The van der Waals surface area contributed by atoms with Gasteiger partial charge in [-0.2, -0.15) is 0 Å². The number of methoxy groups -OCH3 is 1. The largest absolute Gasteiger partial charge is 0.495 e. The van der Waals surface area contributed by atoms with Gasteiger partial charge in [0.15, 0.2) is 0 Å². The summed E-state index contributed by atoms with van der Waals surface area (Å²) in [6.07, 6.45) is 1.44. The fourth-order valence-corrected chi connectivity index (χ4v) is 5.15. The summed E-state index contributed by atoms with van der Waals surface area (Å²) in [5.74, 6) is 0.840. The average Bonchev–Trinajstić information content (AvgIpc) is 3.22. The van der Waals surface area contributed by atoms with Crippen molar-refractivity contribution in [2.75, 3.05) is 12.4 Å². The van der Waals surface area contributed by atoms with Crippen LogP contribution in [0.3, 0.4) is 0 Å². The third-order valence-electron chi connectivity index (χ3n) is 4.38. The molecule has 0 fully saturated rings. The van der Waals surface area contributed by atoms with E-state index >= 15 is 0 Å². The van der Waals surface area contributed by atoms with E-state index in [4.69, 9.17) is 4.74 Å². The molecule has 0 saturated carbocycles. The van der Waals surface area contributed by atoms with Crippen LogP contribution in [0.2, 0.25) is 0 Å². The Bertz CT molecular complexity index is 1360. The molecule has 0 saturated heterocycles. The molecular weight excluding hydrogens is 384 g/mol. The average molecular weight is 396 g/mol. The molecule has 0 bridgehead atoms. The van der Waals surface area contributed by atoms with E-state index < -0.39 is 9.84 Å². The van der Waals surface area contributed by atoms with Crippen molar-refractivity contribution < 1.29 is 13.2 Å². The van der Waals surface area contributed by atoms with Gasteiger partial charge in [0.25, 0.3) is 0 Å². The molecular formula is C18H12N4O3S2. The summed E-state index contributed by atoms with van der Waals surface area (Å²) in [5.41, 5.74) is 4.64. The van der Waals surface area contributed by atoms with Crippen molar-refractivity contribution in [3.05, 3.63) is 53.1 Å². The van der Waals surface area contributed by atoms with Crippen LogP contribution in [0.5, 0.6) is 0 Å². The van der Waals surface area contributed by atoms with E-state index in [2.05, 4.69) is 20.3 Å². The quantitative estimate of drug-likeness (QED) is 0.564. The van der Waals surface area contributed by atoms with Gasteiger partial charge in [0.1, 0.15) is 17.9 Å². The first kappa shape index (κ1) is 16.2. The first-order valence-corrected chi connectivity index (χ1v) is 10.4. The molecule has 4 aromatic rings. The summed E-state index contributed by atoms with van der Waals surface area (Å²) < 4.78 is 31.1. The third kappa shape index (κ3) is 2.54. The molecule has 5 rings (SSSR count). The Labute approximate surface area is 158 Å². The zero-order chi connectivity index (χ0) is 18.6. The monoisotopic (exact) mass is 396 g/mol. The number of nitrogens with one attached hydrogen (secondary N) is 1. The van der Waals surface area contributed by atoms with E-state index in [0.717, 1.165) is 21.3 Å². The van der Waals surface area contributed by atoms with Gasteiger partial charge in [-0.05, 0) is 30.3 Å². The van der Waals surface area contributed by atoms with E-state index in [9.17, 15) is 8.42 Å². The van der Waals surface area contributed by atoms with E-state index in [1.807, 2.05) is 18.2 Å². The molecule has 0 atom stereocenters. The lowest BCUT2D eigenvalue weighted by atomic mass is 10.1. The van der Waals surface area contributed by atoms with Crippen LogP contribution in [-0.4, -0.2) is 30.5 Å². The Morgan fingerprint density at radius 1 is 1.07 bits per heavy atom. The molecule has 0 radical (unpaired) electrons. The second-order valence-corrected chi connectivity index (χ2v) is 8.63. The Hall–Kier alpha value is -3.04. The number of fused-ring (bicyclic) bond motifs is 3. The van der Waals surface area contributed by atoms with Gasteiger partial charge in [-0.3, -0.25) is 0 Å². The fourth-order valence-electron chi connectivity index (χ4n) is 3.11. The molecule has 0 aliphatic carbocycles. The molecule has 2 aromatic heterocycles. The van der Waals surface area contributed by atoms with Crippen molar-refractivity contribution in [2.45, 2.75) is 4.90 Å². The molecule has 2 aromatic carbocycles. The molecule has 1 N–H and O–H groups in total. The highest BCUT2D eigenvalue weighted by Crippen LogP contribution is 2.38. The third-order valence-corrected chi connectivity index (χ3v) is 6.67. The lowest BCUT2D eigenvalue weighted by Gasteiger charge is -2.10. The van der Waals surface area contributed by atoms with Gasteiger partial charge in [0, 0.05) is 16.6 Å². The van der Waals surface area contributed by atoms with Crippen LogP contribution in [0.1, 0.15) is 5.56 Å².